The second-order valence-corrected chi connectivity index (χ2v) is 5.86. The van der Waals surface area contributed by atoms with E-state index in [2.05, 4.69) is 5.32 Å². The van der Waals surface area contributed by atoms with E-state index in [1.165, 1.54) is 22.6 Å². The standard InChI is InChI=1S/C15H14N2O3S/c18-14(19)10-2-1-3-12(8-10)16-15(20)17-6-4-13-11(9-17)5-7-21-13/h1-3,5,7-8H,4,6,9H2,(H,16,20)(H,18,19). The monoisotopic (exact) mass is 302 g/mol. The van der Waals surface area contributed by atoms with Gasteiger partial charge in [-0.05, 0) is 41.6 Å². The van der Waals surface area contributed by atoms with Crippen LogP contribution in [-0.2, 0) is 13.0 Å². The highest BCUT2D eigenvalue weighted by atomic mass is 32.1. The number of benzene rings is 1. The molecule has 0 spiro atoms. The SMILES string of the molecule is O=C(O)c1cccc(NC(=O)N2CCc3sccc3C2)c1. The summed E-state index contributed by atoms with van der Waals surface area (Å²) < 4.78 is 0. The molecule has 6 heteroatoms. The van der Waals surface area contributed by atoms with Gasteiger partial charge < -0.3 is 15.3 Å². The first-order chi connectivity index (χ1) is 10.1. The van der Waals surface area contributed by atoms with Crippen LogP contribution in [0.5, 0.6) is 0 Å². The van der Waals surface area contributed by atoms with Gasteiger partial charge in [-0.1, -0.05) is 6.07 Å². The number of rotatable bonds is 2. The van der Waals surface area contributed by atoms with Gasteiger partial charge in [0.05, 0.1) is 5.56 Å². The number of carboxylic acid groups (broad SMARTS) is 1. The second-order valence-electron chi connectivity index (χ2n) is 4.86. The van der Waals surface area contributed by atoms with Crippen LogP contribution in [0.25, 0.3) is 0 Å². The molecular formula is C15H14N2O3S. The fraction of sp³-hybridized carbons (Fsp3) is 0.200. The third-order valence-corrected chi connectivity index (χ3v) is 4.48. The number of fused-ring (bicyclic) bond motifs is 1. The lowest BCUT2D eigenvalue weighted by atomic mass is 10.1. The number of carboxylic acids is 1. The Labute approximate surface area is 125 Å². The minimum Gasteiger partial charge on any atom is -0.478 e. The van der Waals surface area contributed by atoms with Crippen LogP contribution in [0, 0.1) is 0 Å². The van der Waals surface area contributed by atoms with Gasteiger partial charge in [0.25, 0.3) is 0 Å². The quantitative estimate of drug-likeness (QED) is 0.896. The molecule has 0 unspecified atom stereocenters. The first-order valence-electron chi connectivity index (χ1n) is 6.58. The Morgan fingerprint density at radius 2 is 2.14 bits per heavy atom. The van der Waals surface area contributed by atoms with Gasteiger partial charge in [-0.3, -0.25) is 0 Å². The van der Waals surface area contributed by atoms with E-state index >= 15 is 0 Å². The molecule has 1 aromatic heterocycles. The van der Waals surface area contributed by atoms with E-state index in [-0.39, 0.29) is 11.6 Å². The molecule has 0 saturated heterocycles. The molecule has 0 aliphatic carbocycles. The van der Waals surface area contributed by atoms with Gasteiger partial charge >= 0.3 is 12.0 Å². The predicted octanol–water partition coefficient (Wildman–Crippen LogP) is 3.04. The van der Waals surface area contributed by atoms with Gasteiger partial charge in [-0.15, -0.1) is 11.3 Å². The third-order valence-electron chi connectivity index (χ3n) is 3.46. The normalized spacial score (nSPS) is 13.6. The molecule has 1 aliphatic rings. The number of anilines is 1. The average molecular weight is 302 g/mol. The number of carbonyl (C=O) groups excluding carboxylic acids is 1. The Morgan fingerprint density at radius 3 is 2.95 bits per heavy atom. The molecular weight excluding hydrogens is 288 g/mol. The number of nitrogens with zero attached hydrogens (tertiary/aromatic N) is 1. The third kappa shape index (κ3) is 2.90. The van der Waals surface area contributed by atoms with Crippen molar-refractivity contribution in [3.63, 3.8) is 0 Å². The number of nitrogens with one attached hydrogen (secondary N) is 1. The molecule has 0 fully saturated rings. The largest absolute Gasteiger partial charge is 0.478 e. The summed E-state index contributed by atoms with van der Waals surface area (Å²) in [7, 11) is 0. The zero-order chi connectivity index (χ0) is 14.8. The van der Waals surface area contributed by atoms with Gasteiger partial charge in [0.1, 0.15) is 0 Å². The lowest BCUT2D eigenvalue weighted by Crippen LogP contribution is -2.38. The molecule has 2 N–H and O–H groups in total. The van der Waals surface area contributed by atoms with E-state index in [1.807, 2.05) is 11.4 Å². The molecule has 108 valence electrons. The molecule has 2 amide bonds. The predicted molar refractivity (Wildman–Crippen MR) is 80.9 cm³/mol. The Morgan fingerprint density at radius 1 is 1.29 bits per heavy atom. The first-order valence-corrected chi connectivity index (χ1v) is 7.46. The van der Waals surface area contributed by atoms with Gasteiger partial charge in [0, 0.05) is 23.7 Å². The van der Waals surface area contributed by atoms with Gasteiger partial charge in [-0.25, -0.2) is 9.59 Å². The number of carbonyl (C=O) groups is 2. The van der Waals surface area contributed by atoms with Crippen LogP contribution < -0.4 is 5.32 Å². The smallest absolute Gasteiger partial charge is 0.335 e. The zero-order valence-corrected chi connectivity index (χ0v) is 12.0. The second kappa shape index (κ2) is 5.57. The van der Waals surface area contributed by atoms with Crippen LogP contribution >= 0.6 is 11.3 Å². The van der Waals surface area contributed by atoms with Crippen molar-refractivity contribution in [3.8, 4) is 0 Å². The van der Waals surface area contributed by atoms with E-state index in [9.17, 15) is 9.59 Å². The van der Waals surface area contributed by atoms with E-state index in [1.54, 1.807) is 28.4 Å². The Hall–Kier alpha value is -2.34. The summed E-state index contributed by atoms with van der Waals surface area (Å²) >= 11 is 1.72. The molecule has 0 bridgehead atoms. The van der Waals surface area contributed by atoms with Gasteiger partial charge in [0.15, 0.2) is 0 Å². The maximum absolute atomic E-state index is 12.3. The summed E-state index contributed by atoms with van der Waals surface area (Å²) in [5.74, 6) is -1.01. The van der Waals surface area contributed by atoms with Crippen LogP contribution in [0.1, 0.15) is 20.8 Å². The van der Waals surface area contributed by atoms with E-state index in [0.717, 1.165) is 6.42 Å². The minimum atomic E-state index is -1.01. The van der Waals surface area contributed by atoms with Crippen LogP contribution in [0.2, 0.25) is 0 Å². The summed E-state index contributed by atoms with van der Waals surface area (Å²) in [5, 5.41) is 13.8. The van der Waals surface area contributed by atoms with Crippen molar-refractivity contribution in [2.45, 2.75) is 13.0 Å². The maximum atomic E-state index is 12.3. The summed E-state index contributed by atoms with van der Waals surface area (Å²) in [6, 6.07) is 8.10. The molecule has 2 aromatic rings. The fourth-order valence-electron chi connectivity index (χ4n) is 2.35. The number of aromatic carboxylic acids is 1. The molecule has 0 radical (unpaired) electrons. The van der Waals surface area contributed by atoms with Crippen molar-refractivity contribution < 1.29 is 14.7 Å². The van der Waals surface area contributed by atoms with E-state index < -0.39 is 5.97 Å². The van der Waals surface area contributed by atoms with Gasteiger partial charge in [-0.2, -0.15) is 0 Å². The van der Waals surface area contributed by atoms with Crippen LogP contribution in [0.3, 0.4) is 0 Å². The van der Waals surface area contributed by atoms with Crippen molar-refractivity contribution in [1.29, 1.82) is 0 Å². The Kier molecular flexibility index (Phi) is 3.62. The van der Waals surface area contributed by atoms with Crippen LogP contribution in [-0.4, -0.2) is 28.6 Å². The highest BCUT2D eigenvalue weighted by molar-refractivity contribution is 7.10. The molecule has 1 aromatic carbocycles. The molecule has 0 saturated carbocycles. The molecule has 21 heavy (non-hydrogen) atoms. The number of amides is 2. The van der Waals surface area contributed by atoms with E-state index in [0.29, 0.717) is 18.8 Å². The first kappa shape index (κ1) is 13.6. The number of hydrogen-bond donors (Lipinski definition) is 2. The minimum absolute atomic E-state index is 0.159. The van der Waals surface area contributed by atoms with Crippen LogP contribution in [0.15, 0.2) is 35.7 Å². The van der Waals surface area contributed by atoms with Crippen LogP contribution in [0.4, 0.5) is 10.5 Å². The Bertz CT molecular complexity index is 696. The van der Waals surface area contributed by atoms with Crippen molar-refractivity contribution in [2.24, 2.45) is 0 Å². The Balaban J connectivity index is 1.70. The summed E-state index contributed by atoms with van der Waals surface area (Å²) in [4.78, 5) is 26.3. The van der Waals surface area contributed by atoms with Crippen molar-refractivity contribution in [1.82, 2.24) is 4.90 Å². The maximum Gasteiger partial charge on any atom is 0.335 e. The fourth-order valence-corrected chi connectivity index (χ4v) is 3.24. The molecule has 3 rings (SSSR count). The molecule has 0 atom stereocenters. The number of urea groups is 1. The number of thiophene rings is 1. The average Bonchev–Trinajstić information content (AvgIpc) is 2.94. The topological polar surface area (TPSA) is 69.6 Å². The summed E-state index contributed by atoms with van der Waals surface area (Å²) in [5.41, 5.74) is 1.85. The molecule has 1 aliphatic heterocycles. The lowest BCUT2D eigenvalue weighted by molar-refractivity contribution is 0.0697. The van der Waals surface area contributed by atoms with Crippen molar-refractivity contribution in [3.05, 3.63) is 51.7 Å². The summed E-state index contributed by atoms with van der Waals surface area (Å²) in [6.45, 7) is 1.28. The molecule has 2 heterocycles. The van der Waals surface area contributed by atoms with Crippen molar-refractivity contribution >= 4 is 29.0 Å². The summed E-state index contributed by atoms with van der Waals surface area (Å²) in [6.07, 6.45) is 0.871. The highest BCUT2D eigenvalue weighted by Gasteiger charge is 2.21. The van der Waals surface area contributed by atoms with E-state index in [4.69, 9.17) is 5.11 Å². The zero-order valence-electron chi connectivity index (χ0n) is 11.2. The highest BCUT2D eigenvalue weighted by Crippen LogP contribution is 2.24. The molecule has 5 nitrogen and oxygen atoms in total. The number of hydrogen-bond acceptors (Lipinski definition) is 3. The van der Waals surface area contributed by atoms with Crippen molar-refractivity contribution in [2.75, 3.05) is 11.9 Å². The van der Waals surface area contributed by atoms with Gasteiger partial charge in [0.2, 0.25) is 0 Å². The lowest BCUT2D eigenvalue weighted by Gasteiger charge is -2.27.